The van der Waals surface area contributed by atoms with Crippen LogP contribution in [0, 0.1) is 5.92 Å². The number of aromatic nitrogens is 3. The number of hydrazone groups is 1. The minimum atomic E-state index is -0.531. The summed E-state index contributed by atoms with van der Waals surface area (Å²) in [6.07, 6.45) is 20.0. The first-order valence-corrected chi connectivity index (χ1v) is 11.0. The first-order chi connectivity index (χ1) is 16.2. The number of hydrogen-bond donors (Lipinski definition) is 1. The largest absolute Gasteiger partial charge is 0.350 e. The maximum Gasteiger partial charge on any atom is 0.350 e. The van der Waals surface area contributed by atoms with E-state index in [1.165, 1.54) is 15.6 Å². The minimum Gasteiger partial charge on any atom is -0.313 e. The molecule has 180 valence electrons. The number of nitrogens with one attached hydrogen (secondary N) is 1. The van der Waals surface area contributed by atoms with Crippen LogP contribution in [0.25, 0.3) is 5.70 Å². The molecule has 0 saturated carbocycles. The molecule has 0 bridgehead atoms. The molecule has 1 unspecified atom stereocenters. The lowest BCUT2D eigenvalue weighted by molar-refractivity contribution is 0.257. The highest BCUT2D eigenvalue weighted by atomic mass is 16.2. The lowest BCUT2D eigenvalue weighted by Crippen LogP contribution is -2.39. The van der Waals surface area contributed by atoms with Crippen molar-refractivity contribution in [2.75, 3.05) is 7.05 Å². The molecular weight excluding hydrogens is 422 g/mol. The summed E-state index contributed by atoms with van der Waals surface area (Å²) >= 11 is 0. The molecule has 0 amide bonds. The van der Waals surface area contributed by atoms with Crippen LogP contribution in [0.15, 0.2) is 121 Å². The summed E-state index contributed by atoms with van der Waals surface area (Å²) in [6.45, 7) is 25.3. The molecule has 0 aliphatic rings. The topological polar surface area (TPSA) is 64.2 Å². The molecule has 1 rings (SSSR count). The molecule has 0 aliphatic heterocycles. The fourth-order valence-corrected chi connectivity index (χ4v) is 3.49. The fourth-order valence-electron chi connectivity index (χ4n) is 3.49. The molecule has 0 radical (unpaired) electrons. The zero-order chi connectivity index (χ0) is 25.7. The van der Waals surface area contributed by atoms with Crippen molar-refractivity contribution in [3.8, 4) is 0 Å². The second-order valence-electron chi connectivity index (χ2n) is 8.24. The average molecular weight is 460 g/mol. The van der Waals surface area contributed by atoms with Crippen molar-refractivity contribution in [2.45, 2.75) is 32.7 Å². The van der Waals surface area contributed by atoms with E-state index in [1.54, 1.807) is 43.6 Å². The van der Waals surface area contributed by atoms with Crippen molar-refractivity contribution in [3.63, 3.8) is 0 Å². The van der Waals surface area contributed by atoms with E-state index in [-0.39, 0.29) is 11.6 Å². The summed E-state index contributed by atoms with van der Waals surface area (Å²) in [6, 6.07) is 0. The highest BCUT2D eigenvalue weighted by molar-refractivity contribution is 5.85. The van der Waals surface area contributed by atoms with Gasteiger partial charge in [0, 0.05) is 7.05 Å². The molecule has 0 spiro atoms. The van der Waals surface area contributed by atoms with E-state index < -0.39 is 5.54 Å². The predicted octanol–water partition coefficient (Wildman–Crippen LogP) is 5.56. The molecule has 34 heavy (non-hydrogen) atoms. The van der Waals surface area contributed by atoms with Crippen LogP contribution < -0.4 is 11.1 Å². The van der Waals surface area contributed by atoms with E-state index in [0.29, 0.717) is 17.7 Å². The molecule has 1 aromatic heterocycles. The van der Waals surface area contributed by atoms with Gasteiger partial charge < -0.3 is 5.43 Å². The second kappa shape index (κ2) is 13.6. The SMILES string of the molecule is C=C/C=C\C(=C/C=C)C(C)CC(C)(C)n1ncn(/C(C=C)=C/C=C(\C=C)C(=C)/C=N\NC)c1=O. The summed E-state index contributed by atoms with van der Waals surface area (Å²) in [5.74, 6) is 0.166. The quantitative estimate of drug-likeness (QED) is 0.225. The first-order valence-electron chi connectivity index (χ1n) is 11.0. The summed E-state index contributed by atoms with van der Waals surface area (Å²) in [5.41, 5.74) is 5.03. The molecule has 0 aliphatic carbocycles. The van der Waals surface area contributed by atoms with Gasteiger partial charge in [-0.2, -0.15) is 10.2 Å². The molecule has 6 heteroatoms. The van der Waals surface area contributed by atoms with Gasteiger partial charge in [-0.25, -0.2) is 14.0 Å². The van der Waals surface area contributed by atoms with Gasteiger partial charge >= 0.3 is 5.69 Å². The van der Waals surface area contributed by atoms with Gasteiger partial charge in [0.15, 0.2) is 0 Å². The number of rotatable bonds is 14. The fraction of sp³-hybridized carbons (Fsp3) is 0.250. The minimum absolute atomic E-state index is 0.166. The van der Waals surface area contributed by atoms with E-state index in [4.69, 9.17) is 0 Å². The van der Waals surface area contributed by atoms with E-state index in [0.717, 1.165) is 11.1 Å². The molecule has 1 N–H and O–H groups in total. The summed E-state index contributed by atoms with van der Waals surface area (Å²) in [5, 5.41) is 8.38. The first kappa shape index (κ1) is 28.1. The maximum atomic E-state index is 13.3. The number of nitrogens with zero attached hydrogens (tertiary/aromatic N) is 4. The molecule has 1 aromatic rings. The molecule has 0 saturated heterocycles. The van der Waals surface area contributed by atoms with Gasteiger partial charge in [-0.1, -0.05) is 82.4 Å². The van der Waals surface area contributed by atoms with Crippen LogP contribution in [0.2, 0.25) is 0 Å². The number of hydrogen-bond acceptors (Lipinski definition) is 4. The van der Waals surface area contributed by atoms with Crippen LogP contribution in [-0.2, 0) is 5.54 Å². The Labute approximate surface area is 203 Å². The van der Waals surface area contributed by atoms with Gasteiger partial charge in [0.05, 0.1) is 17.5 Å². The van der Waals surface area contributed by atoms with Gasteiger partial charge in [0.1, 0.15) is 6.33 Å². The zero-order valence-electron chi connectivity index (χ0n) is 20.9. The Morgan fingerprint density at radius 3 is 2.44 bits per heavy atom. The van der Waals surface area contributed by atoms with Crippen LogP contribution in [-0.4, -0.2) is 27.6 Å². The van der Waals surface area contributed by atoms with Gasteiger partial charge in [-0.15, -0.1) is 0 Å². The Morgan fingerprint density at radius 1 is 1.18 bits per heavy atom. The van der Waals surface area contributed by atoms with Crippen molar-refractivity contribution in [1.82, 2.24) is 19.8 Å². The van der Waals surface area contributed by atoms with Gasteiger partial charge in [-0.05, 0) is 55.1 Å². The smallest absolute Gasteiger partial charge is 0.313 e. The van der Waals surface area contributed by atoms with Gasteiger partial charge in [0.2, 0.25) is 0 Å². The van der Waals surface area contributed by atoms with Crippen LogP contribution in [0.1, 0.15) is 27.2 Å². The normalized spacial score (nSPS) is 14.3. The van der Waals surface area contributed by atoms with Crippen LogP contribution >= 0.6 is 0 Å². The average Bonchev–Trinajstić information content (AvgIpc) is 3.19. The van der Waals surface area contributed by atoms with Crippen molar-refractivity contribution < 1.29 is 0 Å². The number of allylic oxidation sites excluding steroid dienone is 13. The predicted molar refractivity (Wildman–Crippen MR) is 147 cm³/mol. The van der Waals surface area contributed by atoms with Gasteiger partial charge in [0.25, 0.3) is 0 Å². The van der Waals surface area contributed by atoms with Crippen molar-refractivity contribution in [3.05, 3.63) is 121 Å². The van der Waals surface area contributed by atoms with Crippen LogP contribution in [0.4, 0.5) is 0 Å². The van der Waals surface area contributed by atoms with Crippen molar-refractivity contribution in [2.24, 2.45) is 11.0 Å². The van der Waals surface area contributed by atoms with Gasteiger partial charge in [-0.3, -0.25) is 0 Å². The van der Waals surface area contributed by atoms with E-state index >= 15 is 0 Å². The van der Waals surface area contributed by atoms with E-state index in [2.05, 4.69) is 55.4 Å². The summed E-state index contributed by atoms with van der Waals surface area (Å²) in [7, 11) is 1.71. The molecule has 1 atom stereocenters. The zero-order valence-corrected chi connectivity index (χ0v) is 20.9. The lowest BCUT2D eigenvalue weighted by Gasteiger charge is -2.28. The highest BCUT2D eigenvalue weighted by Crippen LogP contribution is 2.28. The monoisotopic (exact) mass is 459 g/mol. The highest BCUT2D eigenvalue weighted by Gasteiger charge is 2.28. The Kier molecular flexibility index (Phi) is 11.2. The maximum absolute atomic E-state index is 13.3. The van der Waals surface area contributed by atoms with Crippen LogP contribution in [0.5, 0.6) is 0 Å². The third-order valence-electron chi connectivity index (χ3n) is 5.21. The molecular formula is C28H37N5O. The Morgan fingerprint density at radius 2 is 1.88 bits per heavy atom. The van der Waals surface area contributed by atoms with E-state index in [1.807, 2.05) is 38.2 Å². The van der Waals surface area contributed by atoms with Crippen LogP contribution in [0.3, 0.4) is 0 Å². The van der Waals surface area contributed by atoms with Crippen molar-refractivity contribution >= 4 is 11.9 Å². The second-order valence-corrected chi connectivity index (χ2v) is 8.24. The molecule has 6 nitrogen and oxygen atoms in total. The summed E-state index contributed by atoms with van der Waals surface area (Å²) in [4.78, 5) is 13.3. The molecule has 0 fully saturated rings. The Bertz CT molecular complexity index is 1120. The third kappa shape index (κ3) is 7.59. The van der Waals surface area contributed by atoms with E-state index in [9.17, 15) is 4.79 Å². The summed E-state index contributed by atoms with van der Waals surface area (Å²) < 4.78 is 2.99. The van der Waals surface area contributed by atoms with Crippen molar-refractivity contribution in [1.29, 1.82) is 0 Å². The third-order valence-corrected chi connectivity index (χ3v) is 5.21. The standard InChI is InChI=1S/C28H37N5O/c1-10-14-16-25(15-11-2)22(5)19-28(7,8)33-27(34)32(21-31-33)26(13-4)18-17-24(12-3)23(6)20-30-29-9/h10-18,20-22,29H,1-4,6,19H2,5,7-9H3/b16-14-,24-17+,25-15+,26-18+,30-20-. The lowest BCUT2D eigenvalue weighted by atomic mass is 9.86. The molecule has 0 aromatic carbocycles. The Hall–Kier alpha value is -3.93. The molecule has 1 heterocycles. The Balaban J connectivity index is 3.31.